The Morgan fingerprint density at radius 2 is 2.13 bits per heavy atom. The van der Waals surface area contributed by atoms with E-state index in [0.717, 1.165) is 0 Å². The van der Waals surface area contributed by atoms with Crippen molar-refractivity contribution in [3.05, 3.63) is 35.6 Å². The van der Waals surface area contributed by atoms with Gasteiger partial charge in [-0.15, -0.1) is 0 Å². The lowest BCUT2D eigenvalue weighted by Gasteiger charge is -2.04. The maximum absolute atomic E-state index is 13.1. The van der Waals surface area contributed by atoms with Crippen LogP contribution in [0.2, 0.25) is 0 Å². The van der Waals surface area contributed by atoms with E-state index in [0.29, 0.717) is 5.56 Å². The number of hydrogen-bond donors (Lipinski definition) is 2. The Balaban J connectivity index is 2.52. The Bertz CT molecular complexity index is 381. The van der Waals surface area contributed by atoms with Gasteiger partial charge in [0.1, 0.15) is 5.82 Å². The van der Waals surface area contributed by atoms with Crippen LogP contribution in [0.4, 0.5) is 4.39 Å². The molecule has 0 spiro atoms. The van der Waals surface area contributed by atoms with E-state index < -0.39 is 0 Å². The van der Waals surface area contributed by atoms with Gasteiger partial charge in [0, 0.05) is 0 Å². The van der Waals surface area contributed by atoms with Crippen LogP contribution in [0.1, 0.15) is 5.56 Å². The summed E-state index contributed by atoms with van der Waals surface area (Å²) < 4.78 is 13.1. The SMILES string of the molecule is NC(=S)CNC(=O)Cc1ccccc1F. The average molecular weight is 226 g/mol. The van der Waals surface area contributed by atoms with Crippen LogP contribution in [0.15, 0.2) is 24.3 Å². The summed E-state index contributed by atoms with van der Waals surface area (Å²) in [6.45, 7) is 0.141. The van der Waals surface area contributed by atoms with E-state index in [1.165, 1.54) is 6.07 Å². The lowest BCUT2D eigenvalue weighted by molar-refractivity contribution is -0.120. The van der Waals surface area contributed by atoms with Gasteiger partial charge >= 0.3 is 0 Å². The van der Waals surface area contributed by atoms with Gasteiger partial charge in [-0.1, -0.05) is 30.4 Å². The van der Waals surface area contributed by atoms with Gasteiger partial charge in [0.2, 0.25) is 5.91 Å². The highest BCUT2D eigenvalue weighted by atomic mass is 32.1. The molecule has 3 nitrogen and oxygen atoms in total. The van der Waals surface area contributed by atoms with Gasteiger partial charge in [0.15, 0.2) is 0 Å². The minimum atomic E-state index is -0.386. The number of halogens is 1. The molecule has 0 unspecified atom stereocenters. The summed E-state index contributed by atoms with van der Waals surface area (Å²) in [7, 11) is 0. The third kappa shape index (κ3) is 4.03. The molecular formula is C10H11FN2OS. The van der Waals surface area contributed by atoms with Crippen LogP contribution >= 0.6 is 12.2 Å². The number of rotatable bonds is 4. The van der Waals surface area contributed by atoms with E-state index >= 15 is 0 Å². The zero-order valence-electron chi connectivity index (χ0n) is 8.00. The van der Waals surface area contributed by atoms with Crippen LogP contribution in [0.5, 0.6) is 0 Å². The summed E-state index contributed by atoms with van der Waals surface area (Å²) in [6, 6.07) is 6.14. The molecule has 0 atom stereocenters. The van der Waals surface area contributed by atoms with E-state index in [1.54, 1.807) is 18.2 Å². The van der Waals surface area contributed by atoms with Crippen molar-refractivity contribution in [3.63, 3.8) is 0 Å². The normalized spacial score (nSPS) is 9.67. The second-order valence-electron chi connectivity index (χ2n) is 3.01. The second-order valence-corrected chi connectivity index (χ2v) is 3.54. The van der Waals surface area contributed by atoms with Gasteiger partial charge < -0.3 is 11.1 Å². The minimum Gasteiger partial charge on any atom is -0.392 e. The fraction of sp³-hybridized carbons (Fsp3) is 0.200. The smallest absolute Gasteiger partial charge is 0.224 e. The summed E-state index contributed by atoms with van der Waals surface area (Å²) in [5, 5.41) is 2.49. The first kappa shape index (κ1) is 11.6. The molecule has 0 radical (unpaired) electrons. The molecule has 0 aliphatic carbocycles. The highest BCUT2D eigenvalue weighted by molar-refractivity contribution is 7.80. The molecule has 1 amide bonds. The molecule has 0 saturated heterocycles. The summed E-state index contributed by atoms with van der Waals surface area (Å²) in [5.41, 5.74) is 5.57. The molecule has 0 aliphatic heterocycles. The number of benzene rings is 1. The predicted octanol–water partition coefficient (Wildman–Crippen LogP) is 0.771. The quantitative estimate of drug-likeness (QED) is 0.746. The summed E-state index contributed by atoms with van der Waals surface area (Å²) in [6.07, 6.45) is -0.00468. The number of hydrogen-bond acceptors (Lipinski definition) is 2. The Morgan fingerprint density at radius 1 is 1.47 bits per heavy atom. The Labute approximate surface area is 92.5 Å². The van der Waals surface area contributed by atoms with E-state index in [2.05, 4.69) is 17.5 Å². The van der Waals surface area contributed by atoms with Crippen LogP contribution in [0.3, 0.4) is 0 Å². The second kappa shape index (κ2) is 5.41. The molecule has 1 rings (SSSR count). The molecule has 0 aliphatic rings. The van der Waals surface area contributed by atoms with Gasteiger partial charge in [-0.05, 0) is 11.6 Å². The van der Waals surface area contributed by atoms with Gasteiger partial charge in [0.05, 0.1) is 18.0 Å². The fourth-order valence-corrected chi connectivity index (χ4v) is 1.14. The van der Waals surface area contributed by atoms with Gasteiger partial charge in [-0.2, -0.15) is 0 Å². The average Bonchev–Trinajstić information content (AvgIpc) is 2.18. The highest BCUT2D eigenvalue weighted by Crippen LogP contribution is 2.06. The molecular weight excluding hydrogens is 215 g/mol. The zero-order chi connectivity index (χ0) is 11.3. The van der Waals surface area contributed by atoms with Crippen molar-refractivity contribution in [1.82, 2.24) is 5.32 Å². The Kier molecular flexibility index (Phi) is 4.17. The molecule has 1 aromatic carbocycles. The van der Waals surface area contributed by atoms with Crippen LogP contribution in [-0.2, 0) is 11.2 Å². The molecule has 0 heterocycles. The molecule has 80 valence electrons. The lowest BCUT2D eigenvalue weighted by Crippen LogP contribution is -2.33. The third-order valence-corrected chi connectivity index (χ3v) is 1.91. The van der Waals surface area contributed by atoms with Gasteiger partial charge in [0.25, 0.3) is 0 Å². The van der Waals surface area contributed by atoms with Crippen molar-refractivity contribution in [2.45, 2.75) is 6.42 Å². The minimum absolute atomic E-state index is 0.00468. The number of carbonyl (C=O) groups excluding carboxylic acids is 1. The van der Waals surface area contributed by atoms with Crippen LogP contribution in [0.25, 0.3) is 0 Å². The maximum atomic E-state index is 13.1. The molecule has 0 saturated carbocycles. The number of thiocarbonyl (C=S) groups is 1. The van der Waals surface area contributed by atoms with Crippen molar-refractivity contribution < 1.29 is 9.18 Å². The molecule has 15 heavy (non-hydrogen) atoms. The lowest BCUT2D eigenvalue weighted by atomic mass is 10.1. The van der Waals surface area contributed by atoms with Crippen molar-refractivity contribution in [2.24, 2.45) is 5.73 Å². The van der Waals surface area contributed by atoms with Crippen molar-refractivity contribution in [2.75, 3.05) is 6.54 Å². The van der Waals surface area contributed by atoms with Gasteiger partial charge in [-0.25, -0.2) is 4.39 Å². The van der Waals surface area contributed by atoms with E-state index in [4.69, 9.17) is 5.73 Å². The van der Waals surface area contributed by atoms with Crippen LogP contribution < -0.4 is 11.1 Å². The predicted molar refractivity (Wildman–Crippen MR) is 59.9 cm³/mol. The van der Waals surface area contributed by atoms with E-state index in [9.17, 15) is 9.18 Å². The number of nitrogens with one attached hydrogen (secondary N) is 1. The monoisotopic (exact) mass is 226 g/mol. The van der Waals surface area contributed by atoms with Crippen LogP contribution in [0, 0.1) is 5.82 Å². The highest BCUT2D eigenvalue weighted by Gasteiger charge is 2.06. The standard InChI is InChI=1S/C10H11FN2OS/c11-8-4-2-1-3-7(8)5-10(14)13-6-9(12)15/h1-4H,5-6H2,(H2,12,15)(H,13,14). The fourth-order valence-electron chi connectivity index (χ4n) is 1.06. The molecule has 0 bridgehead atoms. The molecule has 0 aromatic heterocycles. The number of amides is 1. The largest absolute Gasteiger partial charge is 0.392 e. The first-order valence-corrected chi connectivity index (χ1v) is 4.79. The molecule has 0 fully saturated rings. The third-order valence-electron chi connectivity index (χ3n) is 1.77. The van der Waals surface area contributed by atoms with E-state index in [-0.39, 0.29) is 29.7 Å². The van der Waals surface area contributed by atoms with Crippen molar-refractivity contribution in [3.8, 4) is 0 Å². The molecule has 5 heteroatoms. The molecule has 3 N–H and O–H groups in total. The summed E-state index contributed by atoms with van der Waals surface area (Å²) in [5.74, 6) is -0.684. The Morgan fingerprint density at radius 3 is 2.73 bits per heavy atom. The first-order valence-electron chi connectivity index (χ1n) is 4.38. The maximum Gasteiger partial charge on any atom is 0.224 e. The number of nitrogens with two attached hydrogens (primary N) is 1. The van der Waals surface area contributed by atoms with Crippen LogP contribution in [-0.4, -0.2) is 17.4 Å². The topological polar surface area (TPSA) is 55.1 Å². The summed E-state index contributed by atoms with van der Waals surface area (Å²) >= 11 is 4.59. The first-order chi connectivity index (χ1) is 7.09. The van der Waals surface area contributed by atoms with Gasteiger partial charge in [-0.3, -0.25) is 4.79 Å². The zero-order valence-corrected chi connectivity index (χ0v) is 8.81. The van der Waals surface area contributed by atoms with E-state index in [1.807, 2.05) is 0 Å². The van der Waals surface area contributed by atoms with Crippen molar-refractivity contribution >= 4 is 23.1 Å². The summed E-state index contributed by atoms with van der Waals surface area (Å²) in [4.78, 5) is 11.5. The Hall–Kier alpha value is -1.49. The molecule has 1 aromatic rings. The number of carbonyl (C=O) groups is 1. The van der Waals surface area contributed by atoms with Crippen molar-refractivity contribution in [1.29, 1.82) is 0 Å².